The number of hydrogen-bond donors (Lipinski definition) is 4. The summed E-state index contributed by atoms with van der Waals surface area (Å²) in [6.07, 6.45) is -6.11. The number of nitrogens with one attached hydrogen (secondary N) is 2. The molecule has 1 aliphatic heterocycles. The van der Waals surface area contributed by atoms with Crippen LogP contribution in [0.5, 0.6) is 0 Å². The van der Waals surface area contributed by atoms with Crippen molar-refractivity contribution in [3.63, 3.8) is 0 Å². The van der Waals surface area contributed by atoms with Gasteiger partial charge in [0.15, 0.2) is 22.5 Å². The summed E-state index contributed by atoms with van der Waals surface area (Å²) < 4.78 is 117. The highest BCUT2D eigenvalue weighted by molar-refractivity contribution is 8.13. The fourth-order valence-electron chi connectivity index (χ4n) is 3.49. The number of aromatic nitrogens is 1. The van der Waals surface area contributed by atoms with Gasteiger partial charge in [0.2, 0.25) is 0 Å². The zero-order chi connectivity index (χ0) is 31.3. The Labute approximate surface area is 237 Å². The third-order valence-corrected chi connectivity index (χ3v) is 6.73. The average Bonchev–Trinajstić information content (AvgIpc) is 3.43. The summed E-state index contributed by atoms with van der Waals surface area (Å²) in [5.41, 5.74) is -0.670. The molecule has 10 nitrogen and oxygen atoms in total. The molecule has 0 spiro atoms. The Morgan fingerprint density at radius 1 is 1.26 bits per heavy atom. The van der Waals surface area contributed by atoms with E-state index in [1.54, 1.807) is 0 Å². The van der Waals surface area contributed by atoms with Gasteiger partial charge in [-0.1, -0.05) is 11.8 Å². The number of hydrogen-bond acceptors (Lipinski definition) is 8. The first-order chi connectivity index (χ1) is 19.6. The van der Waals surface area contributed by atoms with Crippen LogP contribution in [-0.2, 0) is 20.2 Å². The third-order valence-electron chi connectivity index (χ3n) is 5.73. The Balaban J connectivity index is 1.78. The van der Waals surface area contributed by atoms with E-state index in [1.807, 2.05) is 5.32 Å². The van der Waals surface area contributed by atoms with Crippen LogP contribution >= 0.6 is 11.8 Å². The monoisotopic (exact) mass is 633 g/mol. The van der Waals surface area contributed by atoms with Gasteiger partial charge in [0, 0.05) is 35.4 Å². The lowest BCUT2D eigenvalue weighted by Gasteiger charge is -2.28. The molecule has 6 N–H and O–H groups in total. The van der Waals surface area contributed by atoms with Crippen LogP contribution in [0.25, 0.3) is 0 Å². The van der Waals surface area contributed by atoms with Gasteiger partial charge in [0.1, 0.15) is 0 Å². The van der Waals surface area contributed by atoms with Gasteiger partial charge < -0.3 is 14.8 Å². The van der Waals surface area contributed by atoms with Crippen molar-refractivity contribution in [1.82, 2.24) is 9.99 Å². The van der Waals surface area contributed by atoms with Crippen LogP contribution in [0.4, 0.5) is 46.6 Å². The normalized spacial score (nSPS) is 16.0. The first-order valence-electron chi connectivity index (χ1n) is 11.9. The van der Waals surface area contributed by atoms with Crippen LogP contribution in [0.2, 0.25) is 0 Å². The summed E-state index contributed by atoms with van der Waals surface area (Å²) in [4.78, 5) is 21.2. The molecule has 1 aromatic heterocycles. The predicted molar refractivity (Wildman–Crippen MR) is 132 cm³/mol. The van der Waals surface area contributed by atoms with Crippen molar-refractivity contribution in [3.05, 3.63) is 47.4 Å². The second-order valence-electron chi connectivity index (χ2n) is 8.72. The highest BCUT2D eigenvalue weighted by Gasteiger charge is 2.73. The number of carbonyl (C=O) groups is 1. The lowest BCUT2D eigenvalue weighted by molar-refractivity contribution is -0.830. The third kappa shape index (κ3) is 7.64. The number of halogens is 8. The molecule has 1 saturated heterocycles. The van der Waals surface area contributed by atoms with Gasteiger partial charge in [-0.25, -0.2) is 20.1 Å². The number of thioether (sulfide) groups is 1. The van der Waals surface area contributed by atoms with Crippen molar-refractivity contribution in [2.75, 3.05) is 38.8 Å². The number of benzene rings is 1. The lowest BCUT2D eigenvalue weighted by Crippen LogP contribution is -2.76. The van der Waals surface area contributed by atoms with Crippen LogP contribution in [0, 0.1) is 11.2 Å². The number of nitrogens with two attached hydrogens (primary N) is 2. The van der Waals surface area contributed by atoms with Crippen LogP contribution in [-0.4, -0.2) is 72.7 Å². The molecule has 1 aliphatic rings. The van der Waals surface area contributed by atoms with Crippen molar-refractivity contribution in [2.45, 2.75) is 35.4 Å². The molecule has 232 valence electrons. The molecule has 3 rings (SSSR count). The van der Waals surface area contributed by atoms with E-state index < -0.39 is 41.1 Å². The minimum absolute atomic E-state index is 0.0875. The number of anilines is 1. The number of pyridine rings is 1. The smallest absolute Gasteiger partial charge is 0.379 e. The van der Waals surface area contributed by atoms with E-state index in [2.05, 4.69) is 4.98 Å². The number of amidine groups is 1. The minimum atomic E-state index is -6.64. The Morgan fingerprint density at radius 3 is 2.57 bits per heavy atom. The quantitative estimate of drug-likeness (QED) is 0.0561. The highest BCUT2D eigenvalue weighted by Crippen LogP contribution is 2.51. The minimum Gasteiger partial charge on any atom is -0.379 e. The first kappa shape index (κ1) is 33.4. The molecule has 19 heteroatoms. The maximum absolute atomic E-state index is 14.5. The van der Waals surface area contributed by atoms with E-state index in [0.717, 1.165) is 23.2 Å². The summed E-state index contributed by atoms with van der Waals surface area (Å²) >= 11 is 0.727. The fourth-order valence-corrected chi connectivity index (χ4v) is 4.30. The maximum Gasteiger partial charge on any atom is 0.460 e. The Bertz CT molecular complexity index is 1280. The zero-order valence-corrected chi connectivity index (χ0v) is 22.4. The van der Waals surface area contributed by atoms with Crippen LogP contribution in [0.15, 0.2) is 35.4 Å². The van der Waals surface area contributed by atoms with Gasteiger partial charge in [0.05, 0.1) is 38.5 Å². The van der Waals surface area contributed by atoms with E-state index >= 15 is 0 Å². The van der Waals surface area contributed by atoms with Gasteiger partial charge in [-0.15, -0.1) is 0 Å². The number of alkyl halides is 7. The van der Waals surface area contributed by atoms with Gasteiger partial charge >= 0.3 is 18.0 Å². The van der Waals surface area contributed by atoms with Gasteiger partial charge in [-0.05, 0) is 18.6 Å². The van der Waals surface area contributed by atoms with Gasteiger partial charge in [0.25, 0.3) is 5.91 Å². The van der Waals surface area contributed by atoms with E-state index in [9.17, 15) is 39.9 Å². The molecule has 42 heavy (non-hydrogen) atoms. The number of nitrogens with zero attached hydrogens (tertiary/aromatic N) is 2. The Morgan fingerprint density at radius 2 is 1.98 bits per heavy atom. The van der Waals surface area contributed by atoms with E-state index in [0.29, 0.717) is 18.9 Å². The van der Waals surface area contributed by atoms with E-state index in [1.165, 1.54) is 30.8 Å². The lowest BCUT2D eigenvalue weighted by atomic mass is 10.0. The van der Waals surface area contributed by atoms with Crippen LogP contribution < -0.4 is 16.6 Å². The van der Waals surface area contributed by atoms with Crippen LogP contribution in [0.3, 0.4) is 0 Å². The van der Waals surface area contributed by atoms with Gasteiger partial charge in [-0.2, -0.15) is 36.2 Å². The number of rotatable bonds is 11. The van der Waals surface area contributed by atoms with Crippen molar-refractivity contribution >= 4 is 34.3 Å². The summed E-state index contributed by atoms with van der Waals surface area (Å²) in [5.74, 6) is -10.4. The summed E-state index contributed by atoms with van der Waals surface area (Å²) in [6, 6.07) is 3.90. The molecule has 1 atom stereocenters. The molecule has 1 unspecified atom stereocenters. The number of ether oxygens (including phenoxy) is 2. The molecule has 1 fully saturated rings. The topological polar surface area (TPSA) is 139 Å². The summed E-state index contributed by atoms with van der Waals surface area (Å²) in [5, 5.41) is 11.0. The van der Waals surface area contributed by atoms with Gasteiger partial charge in [-0.3, -0.25) is 15.2 Å². The van der Waals surface area contributed by atoms with E-state index in [4.69, 9.17) is 25.6 Å². The molecule has 2 heterocycles. The molecule has 1 aromatic carbocycles. The van der Waals surface area contributed by atoms with Crippen LogP contribution in [0.1, 0.15) is 22.3 Å². The number of hydrazine groups is 1. The molecule has 0 aliphatic carbocycles. The molecule has 0 bridgehead atoms. The van der Waals surface area contributed by atoms with Crippen molar-refractivity contribution < 1.29 is 59.7 Å². The number of amides is 1. The number of carbonyl (C=O) groups excluding carboxylic acids is 1. The Kier molecular flexibility index (Phi) is 10.7. The molecule has 2 aromatic rings. The number of quaternary nitrogens is 1. The standard InChI is InChI=1S/C23H24F8N6O4S/c1-39-36-13-2-3-17(42-20(32)37(33)5-7-41-14-4-6-40-11-14)15(9-13)19(38)35-18-16(24)8-12(10-34-18)21(25,26)22(27,28)23(29,30)31/h2-3,8-10,14,32,36H,4-7,11,33H2,1H3,(H,34,35,38)/p+1. The molecule has 1 amide bonds. The molecular formula is C23H25F8N6O4S+. The fraction of sp³-hybridized carbons (Fsp3) is 0.435. The highest BCUT2D eigenvalue weighted by atomic mass is 32.2. The molecular weight excluding hydrogens is 608 g/mol. The summed E-state index contributed by atoms with van der Waals surface area (Å²) in [6.45, 7) is 1.31. The van der Waals surface area contributed by atoms with Crippen molar-refractivity contribution in [2.24, 2.45) is 5.84 Å². The van der Waals surface area contributed by atoms with E-state index in [-0.39, 0.29) is 47.1 Å². The Hall–Kier alpha value is -3.10. The predicted octanol–water partition coefficient (Wildman–Crippen LogP) is 3.53. The zero-order valence-electron chi connectivity index (χ0n) is 21.6. The molecule has 0 radical (unpaired) electrons. The second-order valence-corrected chi connectivity index (χ2v) is 9.75. The maximum atomic E-state index is 14.5. The molecule has 0 saturated carbocycles. The second kappa shape index (κ2) is 13.5. The average molecular weight is 634 g/mol. The summed E-state index contributed by atoms with van der Waals surface area (Å²) in [7, 11) is 1.32. The first-order valence-corrected chi connectivity index (χ1v) is 12.7. The van der Waals surface area contributed by atoms with Crippen molar-refractivity contribution in [1.29, 1.82) is 5.41 Å². The largest absolute Gasteiger partial charge is 0.460 e. The SMILES string of the molecule is CO[NH2+]c1ccc(SC(=N)N(N)CCOC2CCOC2)c(C(=O)Nc2ncc(C(F)(F)C(F)(F)C(F)(F)F)cc2F)c1. The van der Waals surface area contributed by atoms with Crippen molar-refractivity contribution in [3.8, 4) is 0 Å².